The summed E-state index contributed by atoms with van der Waals surface area (Å²) in [6, 6.07) is 38.8. The van der Waals surface area contributed by atoms with Gasteiger partial charge in [0.1, 0.15) is 17.2 Å². The molecule has 2 N–H and O–H groups in total. The van der Waals surface area contributed by atoms with Gasteiger partial charge in [0.15, 0.2) is 5.60 Å². The van der Waals surface area contributed by atoms with E-state index < -0.39 is 11.5 Å². The zero-order chi connectivity index (χ0) is 43.9. The van der Waals surface area contributed by atoms with Crippen molar-refractivity contribution in [1.29, 1.82) is 0 Å². The van der Waals surface area contributed by atoms with E-state index in [9.17, 15) is 4.79 Å². The average molecular weight is 839 g/mol. The number of nitrogens with two attached hydrogens (primary N) is 1. The van der Waals surface area contributed by atoms with Crippen LogP contribution in [0.2, 0.25) is 0 Å². The number of fused-ring (bicyclic) bond motifs is 10. The van der Waals surface area contributed by atoms with Crippen LogP contribution in [0, 0.1) is 10.8 Å². The molecule has 7 nitrogen and oxygen atoms in total. The summed E-state index contributed by atoms with van der Waals surface area (Å²) in [5, 5.41) is 2.06. The van der Waals surface area contributed by atoms with E-state index in [0.29, 0.717) is 13.2 Å². The maximum atomic E-state index is 13.4. The molecule has 7 heteroatoms. The topological polar surface area (TPSA) is 83.3 Å². The molecule has 63 heavy (non-hydrogen) atoms. The predicted molar refractivity (Wildman–Crippen MR) is 254 cm³/mol. The molecule has 2 aliphatic carbocycles. The second kappa shape index (κ2) is 15.0. The maximum Gasteiger partial charge on any atom is 0.224 e. The van der Waals surface area contributed by atoms with Crippen LogP contribution < -0.4 is 24.8 Å². The van der Waals surface area contributed by atoms with E-state index in [0.717, 1.165) is 99.4 Å². The molecule has 2 aliphatic heterocycles. The van der Waals surface area contributed by atoms with Gasteiger partial charge in [-0.15, -0.1) is 0 Å². The van der Waals surface area contributed by atoms with Crippen molar-refractivity contribution in [2.45, 2.75) is 70.8 Å². The van der Waals surface area contributed by atoms with Gasteiger partial charge in [-0.2, -0.15) is 0 Å². The quantitative estimate of drug-likeness (QED) is 0.164. The summed E-state index contributed by atoms with van der Waals surface area (Å²) >= 11 is 0. The van der Waals surface area contributed by atoms with Crippen LogP contribution in [0.3, 0.4) is 0 Å². The lowest BCUT2D eigenvalue weighted by molar-refractivity contribution is -0.119. The first-order chi connectivity index (χ1) is 30.3. The molecule has 10 rings (SSSR count). The first-order valence-corrected chi connectivity index (χ1v) is 22.4. The van der Waals surface area contributed by atoms with Gasteiger partial charge in [0, 0.05) is 46.3 Å². The Morgan fingerprint density at radius 1 is 0.730 bits per heavy atom. The molecule has 1 saturated carbocycles. The van der Waals surface area contributed by atoms with Crippen molar-refractivity contribution in [3.8, 4) is 39.5 Å². The molecule has 6 aromatic rings. The number of anilines is 1. The summed E-state index contributed by atoms with van der Waals surface area (Å²) in [5.41, 5.74) is 17.4. The first kappa shape index (κ1) is 41.0. The molecule has 2 fully saturated rings. The second-order valence-electron chi connectivity index (χ2n) is 19.9. The van der Waals surface area contributed by atoms with Crippen LogP contribution in [0.25, 0.3) is 39.1 Å². The fourth-order valence-electron chi connectivity index (χ4n) is 12.3. The number of primary amides is 1. The molecule has 2 heterocycles. The Labute approximate surface area is 371 Å². The van der Waals surface area contributed by atoms with E-state index >= 15 is 0 Å². The third-order valence-corrected chi connectivity index (χ3v) is 14.4. The molecule has 1 unspecified atom stereocenters. The second-order valence-corrected chi connectivity index (χ2v) is 19.9. The summed E-state index contributed by atoms with van der Waals surface area (Å²) in [5.74, 6) is 1.46. The molecule has 1 amide bonds. The van der Waals surface area contributed by atoms with Gasteiger partial charge in [-0.05, 0) is 136 Å². The van der Waals surface area contributed by atoms with Crippen LogP contribution in [0.4, 0.5) is 5.69 Å². The van der Waals surface area contributed by atoms with Crippen molar-refractivity contribution in [3.05, 3.63) is 149 Å². The molecule has 0 aromatic heterocycles. The number of carbonyl (C=O) groups is 1. The lowest BCUT2D eigenvalue weighted by Crippen LogP contribution is -2.44. The largest absolute Gasteiger partial charge is 0.497 e. The summed E-state index contributed by atoms with van der Waals surface area (Å²) in [6.07, 6.45) is 7.74. The van der Waals surface area contributed by atoms with Crippen LogP contribution in [0.5, 0.6) is 17.2 Å². The Morgan fingerprint density at radius 2 is 1.33 bits per heavy atom. The number of nitrogens with zero attached hydrogens (tertiary/aromatic N) is 1. The molecule has 4 aliphatic rings. The molecule has 1 atom stereocenters. The van der Waals surface area contributed by atoms with E-state index in [1.165, 1.54) is 22.3 Å². The minimum absolute atomic E-state index is 0.0659. The minimum Gasteiger partial charge on any atom is -0.497 e. The summed E-state index contributed by atoms with van der Waals surface area (Å²) < 4.78 is 24.8. The number of amides is 1. The predicted octanol–water partition coefficient (Wildman–Crippen LogP) is 11.8. The van der Waals surface area contributed by atoms with Gasteiger partial charge in [0.05, 0.1) is 33.4 Å². The van der Waals surface area contributed by atoms with Gasteiger partial charge in [-0.25, -0.2) is 0 Å². The lowest BCUT2D eigenvalue weighted by Gasteiger charge is -2.52. The number of morpholine rings is 1. The zero-order valence-corrected chi connectivity index (χ0v) is 37.6. The maximum absolute atomic E-state index is 13.4. The van der Waals surface area contributed by atoms with E-state index in [2.05, 4.69) is 130 Å². The normalized spacial score (nSPS) is 19.1. The van der Waals surface area contributed by atoms with Crippen LogP contribution in [0.15, 0.2) is 115 Å². The molecule has 0 bridgehead atoms. The highest BCUT2D eigenvalue weighted by molar-refractivity contribution is 6.10. The molecule has 0 radical (unpaired) electrons. The Bertz CT molecular complexity index is 2710. The molecular weight excluding hydrogens is 781 g/mol. The Hall–Kier alpha value is -6.05. The van der Waals surface area contributed by atoms with E-state index in [4.69, 9.17) is 24.7 Å². The molecule has 1 saturated heterocycles. The highest BCUT2D eigenvalue weighted by Gasteiger charge is 2.55. The van der Waals surface area contributed by atoms with Gasteiger partial charge in [-0.3, -0.25) is 4.79 Å². The molecule has 322 valence electrons. The third-order valence-electron chi connectivity index (χ3n) is 14.4. The third kappa shape index (κ3) is 6.70. The summed E-state index contributed by atoms with van der Waals surface area (Å²) in [7, 11) is 3.38. The minimum atomic E-state index is -1.00. The van der Waals surface area contributed by atoms with Crippen molar-refractivity contribution < 1.29 is 23.7 Å². The highest BCUT2D eigenvalue weighted by Crippen LogP contribution is 2.67. The van der Waals surface area contributed by atoms with Crippen molar-refractivity contribution in [2.75, 3.05) is 45.4 Å². The van der Waals surface area contributed by atoms with E-state index in [-0.39, 0.29) is 22.2 Å². The fraction of sp³-hybridized carbons (Fsp3) is 0.339. The van der Waals surface area contributed by atoms with Gasteiger partial charge in [-0.1, -0.05) is 94.4 Å². The average Bonchev–Trinajstić information content (AvgIpc) is 3.55. The standard InChI is InChI=1S/C56H58N2O5/c1-35(52(57)59)44-30-46-47(31-45(44)36-12-18-39(19-13-36)58-26-28-62-29-27-58)51-43(50-49(46)42-10-8-9-11-48(42)55(50)33-53(2,3)32-54(4,5)34-55)24-25-56(63-51,37-14-20-40(60-6)21-15-37)38-16-22-41(61-7)23-17-38/h8-25,30-31,35H,26-29,32-34H2,1-7H3,(H2,57,59). The molecule has 6 aromatic carbocycles. The van der Waals surface area contributed by atoms with Gasteiger partial charge in [0.25, 0.3) is 0 Å². The van der Waals surface area contributed by atoms with Gasteiger partial charge >= 0.3 is 0 Å². The van der Waals surface area contributed by atoms with Crippen molar-refractivity contribution in [3.63, 3.8) is 0 Å². The monoisotopic (exact) mass is 838 g/mol. The first-order valence-electron chi connectivity index (χ1n) is 22.4. The van der Waals surface area contributed by atoms with E-state index in [1.54, 1.807) is 14.2 Å². The van der Waals surface area contributed by atoms with Gasteiger partial charge < -0.3 is 29.6 Å². The van der Waals surface area contributed by atoms with Crippen molar-refractivity contribution in [2.24, 2.45) is 16.6 Å². The van der Waals surface area contributed by atoms with Crippen molar-refractivity contribution >= 4 is 28.4 Å². The van der Waals surface area contributed by atoms with Gasteiger partial charge in [0.2, 0.25) is 5.91 Å². The van der Waals surface area contributed by atoms with Crippen molar-refractivity contribution in [1.82, 2.24) is 0 Å². The zero-order valence-electron chi connectivity index (χ0n) is 37.6. The number of methoxy groups -OCH3 is 2. The Kier molecular flexibility index (Phi) is 9.79. The smallest absolute Gasteiger partial charge is 0.224 e. The number of hydrogen-bond donors (Lipinski definition) is 1. The summed E-state index contributed by atoms with van der Waals surface area (Å²) in [6.45, 7) is 14.8. The Morgan fingerprint density at radius 3 is 1.92 bits per heavy atom. The summed E-state index contributed by atoms with van der Waals surface area (Å²) in [4.78, 5) is 15.7. The van der Waals surface area contributed by atoms with Crippen LogP contribution in [-0.2, 0) is 20.5 Å². The number of rotatable bonds is 8. The van der Waals surface area contributed by atoms with Crippen LogP contribution in [0.1, 0.15) is 93.2 Å². The number of hydrogen-bond acceptors (Lipinski definition) is 6. The Balaban J connectivity index is 1.30. The fourth-order valence-corrected chi connectivity index (χ4v) is 12.3. The van der Waals surface area contributed by atoms with Crippen LogP contribution >= 0.6 is 0 Å². The van der Waals surface area contributed by atoms with Crippen LogP contribution in [-0.4, -0.2) is 46.4 Å². The number of carbonyl (C=O) groups excluding carboxylic acids is 1. The van der Waals surface area contributed by atoms with E-state index in [1.807, 2.05) is 31.2 Å². The number of ether oxygens (including phenoxy) is 4. The number of benzene rings is 6. The lowest BCUT2D eigenvalue weighted by atomic mass is 9.52. The molecular formula is C56H58N2O5. The highest BCUT2D eigenvalue weighted by atomic mass is 16.5. The molecule has 1 spiro atoms. The SMILES string of the molecule is COc1ccc(C2(c3ccc(OC)cc3)C=Cc3c4c(c5cc(C(C)C(N)=O)c(-c6ccc(N7CCOCC7)cc6)cc5c3O2)-c2ccccc2C42CC(C)(C)CC(C)(C)C2)cc1.